The fraction of sp³-hybridized carbons (Fsp3) is 0.500. The summed E-state index contributed by atoms with van der Waals surface area (Å²) in [7, 11) is 0. The standard InChI is InChI=1S/C24H30O3/c1-17-21-9-5-3-7-19(21)15-23(17)26-13-11-25-12-14-27-24-16-20-8-4-6-10-22(20)18(24)2/h3-10,17-18,23-24H,11-16H2,1-2H3/t17-,18-,23+,24+/m0/s1. The van der Waals surface area contributed by atoms with Gasteiger partial charge in [-0.25, -0.2) is 0 Å². The summed E-state index contributed by atoms with van der Waals surface area (Å²) in [5, 5.41) is 0. The van der Waals surface area contributed by atoms with Crippen molar-refractivity contribution in [1.29, 1.82) is 0 Å². The minimum Gasteiger partial charge on any atom is -0.377 e. The van der Waals surface area contributed by atoms with Crippen molar-refractivity contribution in [1.82, 2.24) is 0 Å². The Bertz CT molecular complexity index is 693. The van der Waals surface area contributed by atoms with E-state index in [1.165, 1.54) is 22.3 Å². The molecule has 0 radical (unpaired) electrons. The molecule has 0 heterocycles. The highest BCUT2D eigenvalue weighted by atomic mass is 16.5. The molecule has 2 aliphatic rings. The van der Waals surface area contributed by atoms with Crippen LogP contribution in [0.4, 0.5) is 0 Å². The second kappa shape index (κ2) is 8.55. The Morgan fingerprint density at radius 1 is 0.667 bits per heavy atom. The van der Waals surface area contributed by atoms with Gasteiger partial charge in [0.1, 0.15) is 0 Å². The van der Waals surface area contributed by atoms with Crippen molar-refractivity contribution in [2.75, 3.05) is 26.4 Å². The molecule has 144 valence electrons. The minimum absolute atomic E-state index is 0.278. The van der Waals surface area contributed by atoms with Gasteiger partial charge in [0, 0.05) is 11.8 Å². The molecule has 0 unspecified atom stereocenters. The molecule has 4 atom stereocenters. The predicted molar refractivity (Wildman–Crippen MR) is 107 cm³/mol. The molecule has 0 spiro atoms. The fourth-order valence-electron chi connectivity index (χ4n) is 4.54. The number of hydrogen-bond acceptors (Lipinski definition) is 3. The van der Waals surface area contributed by atoms with Crippen molar-refractivity contribution in [3.63, 3.8) is 0 Å². The Kier molecular flexibility index (Phi) is 5.92. The molecule has 0 N–H and O–H groups in total. The lowest BCUT2D eigenvalue weighted by Gasteiger charge is -2.18. The van der Waals surface area contributed by atoms with Gasteiger partial charge in [0.05, 0.1) is 38.6 Å². The normalized spacial score (nSPS) is 26.1. The third kappa shape index (κ3) is 4.11. The molecule has 27 heavy (non-hydrogen) atoms. The first-order valence-electron chi connectivity index (χ1n) is 10.2. The third-order valence-corrected chi connectivity index (χ3v) is 6.17. The van der Waals surface area contributed by atoms with E-state index in [1.54, 1.807) is 0 Å². The van der Waals surface area contributed by atoms with Gasteiger partial charge < -0.3 is 14.2 Å². The molecule has 2 aliphatic carbocycles. The van der Waals surface area contributed by atoms with E-state index in [9.17, 15) is 0 Å². The van der Waals surface area contributed by atoms with Crippen LogP contribution in [0.2, 0.25) is 0 Å². The maximum Gasteiger partial charge on any atom is 0.0704 e. The average molecular weight is 367 g/mol. The second-order valence-electron chi connectivity index (χ2n) is 7.81. The van der Waals surface area contributed by atoms with Gasteiger partial charge in [-0.2, -0.15) is 0 Å². The van der Waals surface area contributed by atoms with Crippen molar-refractivity contribution >= 4 is 0 Å². The van der Waals surface area contributed by atoms with Crippen molar-refractivity contribution in [2.24, 2.45) is 0 Å². The third-order valence-electron chi connectivity index (χ3n) is 6.17. The summed E-state index contributed by atoms with van der Waals surface area (Å²) in [6.45, 7) is 7.06. The van der Waals surface area contributed by atoms with Gasteiger partial charge in [-0.1, -0.05) is 62.4 Å². The van der Waals surface area contributed by atoms with Crippen LogP contribution in [0.15, 0.2) is 48.5 Å². The van der Waals surface area contributed by atoms with E-state index in [-0.39, 0.29) is 12.2 Å². The lowest BCUT2D eigenvalue weighted by Crippen LogP contribution is -2.21. The van der Waals surface area contributed by atoms with Gasteiger partial charge in [-0.3, -0.25) is 0 Å². The zero-order valence-corrected chi connectivity index (χ0v) is 16.4. The monoisotopic (exact) mass is 366 g/mol. The Balaban J connectivity index is 1.10. The topological polar surface area (TPSA) is 27.7 Å². The molecule has 3 heteroatoms. The molecule has 0 amide bonds. The molecule has 0 aromatic heterocycles. The van der Waals surface area contributed by atoms with Gasteiger partial charge >= 0.3 is 0 Å². The Hall–Kier alpha value is -1.68. The van der Waals surface area contributed by atoms with Crippen LogP contribution in [0, 0.1) is 0 Å². The van der Waals surface area contributed by atoms with Gasteiger partial charge in [-0.05, 0) is 35.1 Å². The Morgan fingerprint density at radius 2 is 1.11 bits per heavy atom. The smallest absolute Gasteiger partial charge is 0.0704 e. The van der Waals surface area contributed by atoms with Crippen LogP contribution in [-0.4, -0.2) is 38.6 Å². The summed E-state index contributed by atoms with van der Waals surface area (Å²) in [5.41, 5.74) is 5.72. The van der Waals surface area contributed by atoms with E-state index in [2.05, 4.69) is 62.4 Å². The predicted octanol–water partition coefficient (Wildman–Crippen LogP) is 4.49. The van der Waals surface area contributed by atoms with Gasteiger partial charge in [-0.15, -0.1) is 0 Å². The van der Waals surface area contributed by atoms with E-state index >= 15 is 0 Å². The molecular formula is C24H30O3. The van der Waals surface area contributed by atoms with E-state index in [0.717, 1.165) is 12.8 Å². The summed E-state index contributed by atoms with van der Waals surface area (Å²) in [6, 6.07) is 17.3. The summed E-state index contributed by atoms with van der Waals surface area (Å²) < 4.78 is 17.9. The molecule has 0 aliphatic heterocycles. The first kappa shape index (κ1) is 18.7. The Morgan fingerprint density at radius 3 is 1.56 bits per heavy atom. The molecule has 0 saturated carbocycles. The van der Waals surface area contributed by atoms with Gasteiger partial charge in [0.25, 0.3) is 0 Å². The second-order valence-corrected chi connectivity index (χ2v) is 7.81. The molecule has 0 fully saturated rings. The van der Waals surface area contributed by atoms with Crippen LogP contribution in [-0.2, 0) is 27.1 Å². The highest BCUT2D eigenvalue weighted by Crippen LogP contribution is 2.35. The zero-order valence-electron chi connectivity index (χ0n) is 16.4. The summed E-state index contributed by atoms with van der Waals surface area (Å²) >= 11 is 0. The first-order valence-corrected chi connectivity index (χ1v) is 10.2. The molecular weight excluding hydrogens is 336 g/mol. The number of fused-ring (bicyclic) bond motifs is 2. The van der Waals surface area contributed by atoms with Crippen molar-refractivity contribution in [3.05, 3.63) is 70.8 Å². The first-order chi connectivity index (χ1) is 13.2. The van der Waals surface area contributed by atoms with Crippen LogP contribution >= 0.6 is 0 Å². The minimum atomic E-state index is 0.278. The Labute approximate surface area is 162 Å². The maximum atomic E-state index is 6.07. The molecule has 2 aromatic carbocycles. The van der Waals surface area contributed by atoms with Gasteiger partial charge in [0.15, 0.2) is 0 Å². The van der Waals surface area contributed by atoms with Crippen molar-refractivity contribution < 1.29 is 14.2 Å². The summed E-state index contributed by atoms with van der Waals surface area (Å²) in [6.07, 6.45) is 2.58. The number of ether oxygens (including phenoxy) is 3. The lowest BCUT2D eigenvalue weighted by atomic mass is 10.0. The van der Waals surface area contributed by atoms with Crippen LogP contribution in [0.25, 0.3) is 0 Å². The lowest BCUT2D eigenvalue weighted by molar-refractivity contribution is -0.0292. The van der Waals surface area contributed by atoms with E-state index < -0.39 is 0 Å². The largest absolute Gasteiger partial charge is 0.377 e. The van der Waals surface area contributed by atoms with E-state index in [1.807, 2.05) is 0 Å². The number of rotatable bonds is 8. The SMILES string of the molecule is C[C@H]1c2ccccc2C[C@H]1OCCOCCO[C@@H]1Cc2ccccc2[C@@H]1C. The maximum absolute atomic E-state index is 6.07. The number of benzene rings is 2. The average Bonchev–Trinajstić information content (AvgIpc) is 3.19. The summed E-state index contributed by atoms with van der Waals surface area (Å²) in [5.74, 6) is 0.935. The quantitative estimate of drug-likeness (QED) is 0.644. The molecule has 0 saturated heterocycles. The highest BCUT2D eigenvalue weighted by molar-refractivity contribution is 5.37. The van der Waals surface area contributed by atoms with Crippen LogP contribution < -0.4 is 0 Å². The molecule has 2 aromatic rings. The molecule has 4 rings (SSSR count). The van der Waals surface area contributed by atoms with Crippen LogP contribution in [0.1, 0.15) is 47.9 Å². The molecule has 3 nitrogen and oxygen atoms in total. The van der Waals surface area contributed by atoms with Crippen LogP contribution in [0.5, 0.6) is 0 Å². The molecule has 0 bridgehead atoms. The highest BCUT2D eigenvalue weighted by Gasteiger charge is 2.30. The van der Waals surface area contributed by atoms with Gasteiger partial charge in [0.2, 0.25) is 0 Å². The zero-order chi connectivity index (χ0) is 18.6. The van der Waals surface area contributed by atoms with E-state index in [4.69, 9.17) is 14.2 Å². The summed E-state index contributed by atoms with van der Waals surface area (Å²) in [4.78, 5) is 0. The number of hydrogen-bond donors (Lipinski definition) is 0. The van der Waals surface area contributed by atoms with Crippen molar-refractivity contribution in [2.45, 2.75) is 50.7 Å². The van der Waals surface area contributed by atoms with Crippen molar-refractivity contribution in [3.8, 4) is 0 Å². The van der Waals surface area contributed by atoms with E-state index in [0.29, 0.717) is 38.3 Å². The fourth-order valence-corrected chi connectivity index (χ4v) is 4.54. The van der Waals surface area contributed by atoms with Crippen LogP contribution in [0.3, 0.4) is 0 Å².